The van der Waals surface area contributed by atoms with E-state index in [-0.39, 0.29) is 17.2 Å². The SMILES string of the molecule is CC(CN(C)C(=O)Nc1cccc(CS(=O)(=O)c2ccccc2)c1)C(=O)O. The lowest BCUT2D eigenvalue weighted by molar-refractivity contribution is -0.141. The van der Waals surface area contributed by atoms with Gasteiger partial charge in [-0.1, -0.05) is 37.3 Å². The van der Waals surface area contributed by atoms with E-state index in [2.05, 4.69) is 5.32 Å². The maximum absolute atomic E-state index is 12.5. The van der Waals surface area contributed by atoms with Crippen molar-refractivity contribution >= 4 is 27.5 Å². The number of amides is 2. The zero-order valence-corrected chi connectivity index (χ0v) is 15.9. The van der Waals surface area contributed by atoms with Crippen LogP contribution in [-0.2, 0) is 20.4 Å². The Morgan fingerprint density at radius 2 is 1.78 bits per heavy atom. The lowest BCUT2D eigenvalue weighted by atomic mass is 10.2. The first-order valence-electron chi connectivity index (χ1n) is 8.30. The molecular formula is C19H22N2O5S. The Bertz CT molecular complexity index is 913. The predicted octanol–water partition coefficient (Wildman–Crippen LogP) is 2.84. The zero-order chi connectivity index (χ0) is 20.0. The average molecular weight is 390 g/mol. The number of urea groups is 1. The standard InChI is InChI=1S/C19H22N2O5S/c1-14(18(22)23)12-21(2)19(24)20-16-8-6-7-15(11-16)13-27(25,26)17-9-4-3-5-10-17/h3-11,14H,12-13H2,1-2H3,(H,20,24)(H,22,23). The molecular weight excluding hydrogens is 368 g/mol. The number of carboxylic acid groups (broad SMARTS) is 1. The first-order chi connectivity index (χ1) is 12.7. The Balaban J connectivity index is 2.07. The number of benzene rings is 2. The maximum Gasteiger partial charge on any atom is 0.321 e. The van der Waals surface area contributed by atoms with Crippen molar-refractivity contribution in [1.29, 1.82) is 0 Å². The van der Waals surface area contributed by atoms with Crippen LogP contribution in [0.2, 0.25) is 0 Å². The van der Waals surface area contributed by atoms with Crippen molar-refractivity contribution in [3.05, 3.63) is 60.2 Å². The molecule has 2 N–H and O–H groups in total. The molecule has 144 valence electrons. The average Bonchev–Trinajstić information content (AvgIpc) is 2.62. The molecule has 0 saturated heterocycles. The molecule has 2 amide bonds. The van der Waals surface area contributed by atoms with Crippen LogP contribution < -0.4 is 5.32 Å². The third kappa shape index (κ3) is 5.82. The van der Waals surface area contributed by atoms with Gasteiger partial charge in [-0.05, 0) is 29.8 Å². The summed E-state index contributed by atoms with van der Waals surface area (Å²) in [6, 6.07) is 14.3. The molecule has 2 rings (SSSR count). The normalized spacial score (nSPS) is 12.2. The van der Waals surface area contributed by atoms with E-state index in [1.165, 1.54) is 18.9 Å². The number of nitrogens with one attached hydrogen (secondary N) is 1. The van der Waals surface area contributed by atoms with Gasteiger partial charge in [0.05, 0.1) is 16.6 Å². The highest BCUT2D eigenvalue weighted by molar-refractivity contribution is 7.90. The number of aliphatic carboxylic acids is 1. The van der Waals surface area contributed by atoms with Crippen molar-refractivity contribution < 1.29 is 23.1 Å². The molecule has 0 aliphatic heterocycles. The van der Waals surface area contributed by atoms with Crippen LogP contribution in [0, 0.1) is 5.92 Å². The van der Waals surface area contributed by atoms with Gasteiger partial charge in [0.15, 0.2) is 9.84 Å². The molecule has 0 heterocycles. The van der Waals surface area contributed by atoms with Crippen molar-refractivity contribution in [2.24, 2.45) is 5.92 Å². The van der Waals surface area contributed by atoms with Gasteiger partial charge in [-0.3, -0.25) is 4.79 Å². The highest BCUT2D eigenvalue weighted by Gasteiger charge is 2.18. The minimum atomic E-state index is -3.49. The molecule has 0 spiro atoms. The van der Waals surface area contributed by atoms with Crippen molar-refractivity contribution in [1.82, 2.24) is 4.90 Å². The van der Waals surface area contributed by atoms with Gasteiger partial charge in [0.25, 0.3) is 0 Å². The number of hydrogen-bond donors (Lipinski definition) is 2. The largest absolute Gasteiger partial charge is 0.481 e. The highest BCUT2D eigenvalue weighted by Crippen LogP contribution is 2.19. The molecule has 7 nitrogen and oxygen atoms in total. The van der Waals surface area contributed by atoms with Crippen LogP contribution in [0.25, 0.3) is 0 Å². The Kier molecular flexibility index (Phi) is 6.57. The Labute approximate surface area is 158 Å². The van der Waals surface area contributed by atoms with Crippen LogP contribution in [0.15, 0.2) is 59.5 Å². The monoisotopic (exact) mass is 390 g/mol. The summed E-state index contributed by atoms with van der Waals surface area (Å²) in [6.07, 6.45) is 0. The summed E-state index contributed by atoms with van der Waals surface area (Å²) in [5, 5.41) is 11.6. The van der Waals surface area contributed by atoms with Gasteiger partial charge in [0.2, 0.25) is 0 Å². The maximum atomic E-state index is 12.5. The number of rotatable bonds is 7. The van der Waals surface area contributed by atoms with Gasteiger partial charge < -0.3 is 15.3 Å². The second kappa shape index (κ2) is 8.68. The Morgan fingerprint density at radius 1 is 1.11 bits per heavy atom. The fraction of sp³-hybridized carbons (Fsp3) is 0.263. The first-order valence-corrected chi connectivity index (χ1v) is 9.96. The van der Waals surface area contributed by atoms with Gasteiger partial charge in [0.1, 0.15) is 0 Å². The molecule has 0 fully saturated rings. The quantitative estimate of drug-likeness (QED) is 0.757. The van der Waals surface area contributed by atoms with E-state index < -0.39 is 27.8 Å². The topological polar surface area (TPSA) is 104 Å². The second-order valence-electron chi connectivity index (χ2n) is 6.32. The number of nitrogens with zero attached hydrogens (tertiary/aromatic N) is 1. The van der Waals surface area contributed by atoms with Crippen LogP contribution in [0.4, 0.5) is 10.5 Å². The molecule has 2 aromatic carbocycles. The number of carbonyl (C=O) groups is 2. The lowest BCUT2D eigenvalue weighted by Gasteiger charge is -2.20. The van der Waals surface area contributed by atoms with Gasteiger partial charge >= 0.3 is 12.0 Å². The van der Waals surface area contributed by atoms with Crippen molar-refractivity contribution in [3.8, 4) is 0 Å². The number of carbonyl (C=O) groups excluding carboxylic acids is 1. The minimum absolute atomic E-state index is 0.0588. The Morgan fingerprint density at radius 3 is 2.41 bits per heavy atom. The molecule has 0 aliphatic rings. The Hall–Kier alpha value is -2.87. The molecule has 1 unspecified atom stereocenters. The zero-order valence-electron chi connectivity index (χ0n) is 15.1. The van der Waals surface area contributed by atoms with Crippen LogP contribution in [0.1, 0.15) is 12.5 Å². The summed E-state index contributed by atoms with van der Waals surface area (Å²) in [5.74, 6) is -1.86. The lowest BCUT2D eigenvalue weighted by Crippen LogP contribution is -2.36. The third-order valence-electron chi connectivity index (χ3n) is 3.95. The molecule has 0 radical (unpaired) electrons. The van der Waals surface area contributed by atoms with Crippen molar-refractivity contribution in [3.63, 3.8) is 0 Å². The summed E-state index contributed by atoms with van der Waals surface area (Å²) in [6.45, 7) is 1.57. The number of sulfone groups is 1. The van der Waals surface area contributed by atoms with E-state index >= 15 is 0 Å². The molecule has 27 heavy (non-hydrogen) atoms. The van der Waals surface area contributed by atoms with Gasteiger partial charge in [-0.25, -0.2) is 13.2 Å². The first kappa shape index (κ1) is 20.4. The molecule has 2 aromatic rings. The summed E-state index contributed by atoms with van der Waals surface area (Å²) < 4.78 is 25.0. The van der Waals surface area contributed by atoms with E-state index in [9.17, 15) is 18.0 Å². The minimum Gasteiger partial charge on any atom is -0.481 e. The van der Waals surface area contributed by atoms with Gasteiger partial charge in [-0.2, -0.15) is 0 Å². The summed E-state index contributed by atoms with van der Waals surface area (Å²) in [7, 11) is -1.99. The van der Waals surface area contributed by atoms with Crippen LogP contribution in [0.5, 0.6) is 0 Å². The molecule has 0 bridgehead atoms. The van der Waals surface area contributed by atoms with Crippen LogP contribution in [0.3, 0.4) is 0 Å². The highest BCUT2D eigenvalue weighted by atomic mass is 32.2. The summed E-state index contributed by atoms with van der Waals surface area (Å²) in [5.41, 5.74) is 0.980. The van der Waals surface area contributed by atoms with Gasteiger partial charge in [-0.15, -0.1) is 0 Å². The second-order valence-corrected chi connectivity index (χ2v) is 8.31. The van der Waals surface area contributed by atoms with Gasteiger partial charge in [0, 0.05) is 19.3 Å². The molecule has 0 saturated carbocycles. The van der Waals surface area contributed by atoms with Crippen LogP contribution in [-0.4, -0.2) is 44.0 Å². The number of carboxylic acids is 1. The van der Waals surface area contributed by atoms with E-state index in [1.807, 2.05) is 0 Å². The van der Waals surface area contributed by atoms with E-state index in [4.69, 9.17) is 5.11 Å². The predicted molar refractivity (Wildman–Crippen MR) is 102 cm³/mol. The fourth-order valence-electron chi connectivity index (χ4n) is 2.46. The van der Waals surface area contributed by atoms with Crippen LogP contribution >= 0.6 is 0 Å². The van der Waals surface area contributed by atoms with Crippen molar-refractivity contribution in [2.45, 2.75) is 17.6 Å². The molecule has 1 atom stereocenters. The third-order valence-corrected chi connectivity index (χ3v) is 5.66. The molecule has 0 aliphatic carbocycles. The molecule has 0 aromatic heterocycles. The smallest absolute Gasteiger partial charge is 0.321 e. The fourth-order valence-corrected chi connectivity index (χ4v) is 3.82. The summed E-state index contributed by atoms with van der Waals surface area (Å²) >= 11 is 0. The molecule has 8 heteroatoms. The van der Waals surface area contributed by atoms with Crippen molar-refractivity contribution in [2.75, 3.05) is 18.9 Å². The number of anilines is 1. The number of hydrogen-bond acceptors (Lipinski definition) is 4. The van der Waals surface area contributed by atoms with E-state index in [0.29, 0.717) is 11.3 Å². The van der Waals surface area contributed by atoms with E-state index in [0.717, 1.165) is 0 Å². The summed E-state index contributed by atoms with van der Waals surface area (Å²) in [4.78, 5) is 24.6. The van der Waals surface area contributed by atoms with E-state index in [1.54, 1.807) is 54.6 Å².